The predicted molar refractivity (Wildman–Crippen MR) is 75.3 cm³/mol. The summed E-state index contributed by atoms with van der Waals surface area (Å²) in [5.41, 5.74) is -0.0357. The lowest BCUT2D eigenvalue weighted by Gasteiger charge is -2.15. The number of nitro groups is 1. The third-order valence-electron chi connectivity index (χ3n) is 2.40. The minimum absolute atomic E-state index is 0.0357. The van der Waals surface area contributed by atoms with Crippen molar-refractivity contribution >= 4 is 19.9 Å². The molecule has 0 unspecified atom stereocenters. The summed E-state index contributed by atoms with van der Waals surface area (Å²) in [5, 5.41) is 13.1. The molecular weight excluding hydrogens is 264 g/mol. The van der Waals surface area contributed by atoms with Crippen LogP contribution in [-0.4, -0.2) is 25.6 Å². The van der Waals surface area contributed by atoms with Gasteiger partial charge in [-0.1, -0.05) is 19.6 Å². The van der Waals surface area contributed by atoms with E-state index < -0.39 is 19.1 Å². The summed E-state index contributed by atoms with van der Waals surface area (Å²) < 4.78 is 5.01. The molecule has 0 aliphatic rings. The van der Waals surface area contributed by atoms with E-state index in [2.05, 4.69) is 25.0 Å². The van der Waals surface area contributed by atoms with Crippen LogP contribution in [0, 0.1) is 10.1 Å². The second-order valence-electron chi connectivity index (χ2n) is 5.38. The summed E-state index contributed by atoms with van der Waals surface area (Å²) in [7, 11) is -1.18. The number of benzene rings is 1. The molecule has 0 aliphatic heterocycles. The Balaban J connectivity index is 2.42. The lowest BCUT2D eigenvalue weighted by atomic mass is 10.3. The van der Waals surface area contributed by atoms with Gasteiger partial charge in [0.2, 0.25) is 0 Å². The van der Waals surface area contributed by atoms with Gasteiger partial charge in [-0.2, -0.15) is 0 Å². The molecule has 6 nitrogen and oxygen atoms in total. The van der Waals surface area contributed by atoms with Gasteiger partial charge in [0, 0.05) is 26.8 Å². The average molecular weight is 282 g/mol. The number of rotatable bonds is 5. The lowest BCUT2D eigenvalue weighted by Crippen LogP contribution is -2.32. The Hall–Kier alpha value is -1.89. The number of ether oxygens (including phenoxy) is 1. The Kier molecular flexibility index (Phi) is 5.05. The molecule has 0 heterocycles. The topological polar surface area (TPSA) is 81.5 Å². The molecule has 0 fully saturated rings. The van der Waals surface area contributed by atoms with Gasteiger partial charge in [-0.15, -0.1) is 0 Å². The van der Waals surface area contributed by atoms with Crippen molar-refractivity contribution < 1.29 is 14.5 Å². The van der Waals surface area contributed by atoms with Crippen LogP contribution in [-0.2, 0) is 0 Å². The number of carbonyl (C=O) groups excluding carboxylic acids is 1. The molecular formula is C12H18N2O4Si. The van der Waals surface area contributed by atoms with Crippen LogP contribution in [0.3, 0.4) is 0 Å². The maximum atomic E-state index is 11.5. The molecule has 0 radical (unpaired) electrons. The summed E-state index contributed by atoms with van der Waals surface area (Å²) in [6.45, 7) is 7.24. The lowest BCUT2D eigenvalue weighted by molar-refractivity contribution is -0.384. The van der Waals surface area contributed by atoms with Gasteiger partial charge in [0.15, 0.2) is 0 Å². The summed E-state index contributed by atoms with van der Waals surface area (Å²) in [6, 6.07) is 6.37. The highest BCUT2D eigenvalue weighted by molar-refractivity contribution is 6.76. The number of nitrogens with zero attached hydrogens (tertiary/aromatic N) is 1. The van der Waals surface area contributed by atoms with E-state index in [0.29, 0.717) is 6.54 Å². The zero-order valence-corrected chi connectivity index (χ0v) is 12.3. The number of carbonyl (C=O) groups is 1. The first-order valence-corrected chi connectivity index (χ1v) is 9.69. The van der Waals surface area contributed by atoms with Gasteiger partial charge in [-0.05, 0) is 18.2 Å². The van der Waals surface area contributed by atoms with Crippen LogP contribution >= 0.6 is 0 Å². The largest absolute Gasteiger partial charge is 0.412 e. The van der Waals surface area contributed by atoms with Crippen LogP contribution in [0.2, 0.25) is 25.7 Å². The maximum Gasteiger partial charge on any atom is 0.412 e. The number of hydrogen-bond acceptors (Lipinski definition) is 4. The number of non-ortho nitro benzene ring substituents is 1. The molecule has 0 saturated heterocycles. The third kappa shape index (κ3) is 6.00. The fourth-order valence-electron chi connectivity index (χ4n) is 1.32. The van der Waals surface area contributed by atoms with Crippen molar-refractivity contribution in [2.24, 2.45) is 0 Å². The molecule has 1 rings (SSSR count). The van der Waals surface area contributed by atoms with Gasteiger partial charge in [0.05, 0.1) is 4.92 Å². The Bertz CT molecular complexity index is 454. The Morgan fingerprint density at radius 1 is 1.32 bits per heavy atom. The Morgan fingerprint density at radius 2 is 1.89 bits per heavy atom. The normalized spacial score (nSPS) is 10.9. The van der Waals surface area contributed by atoms with Crippen LogP contribution < -0.4 is 10.1 Å². The van der Waals surface area contributed by atoms with Crippen LogP contribution in [0.5, 0.6) is 5.75 Å². The van der Waals surface area contributed by atoms with Gasteiger partial charge < -0.3 is 10.1 Å². The number of amides is 1. The molecule has 0 aliphatic carbocycles. The molecule has 1 aromatic carbocycles. The highest BCUT2D eigenvalue weighted by atomic mass is 28.3. The first-order valence-electron chi connectivity index (χ1n) is 5.98. The third-order valence-corrected chi connectivity index (χ3v) is 4.15. The van der Waals surface area contributed by atoms with Gasteiger partial charge in [0.25, 0.3) is 5.69 Å². The van der Waals surface area contributed by atoms with Gasteiger partial charge >= 0.3 is 6.09 Å². The smallest absolute Gasteiger partial charge is 0.410 e. The van der Waals surface area contributed by atoms with Gasteiger partial charge in [-0.25, -0.2) is 4.79 Å². The molecule has 1 N–H and O–H groups in total. The zero-order chi connectivity index (χ0) is 14.5. The van der Waals surface area contributed by atoms with E-state index in [1.807, 2.05) is 0 Å². The summed E-state index contributed by atoms with van der Waals surface area (Å²) in [5.74, 6) is 0.288. The second-order valence-corrected chi connectivity index (χ2v) is 11.0. The average Bonchev–Trinajstić information content (AvgIpc) is 2.27. The van der Waals surface area contributed by atoms with Crippen LogP contribution in [0.25, 0.3) is 0 Å². The van der Waals surface area contributed by atoms with Crippen LogP contribution in [0.15, 0.2) is 24.3 Å². The summed E-state index contributed by atoms with van der Waals surface area (Å²) in [6.07, 6.45) is -0.535. The first kappa shape index (κ1) is 15.2. The predicted octanol–water partition coefficient (Wildman–Crippen LogP) is 3.02. The molecule has 104 valence electrons. The number of nitrogens with one attached hydrogen (secondary N) is 1. The summed E-state index contributed by atoms with van der Waals surface area (Å²) in [4.78, 5) is 21.4. The van der Waals surface area contributed by atoms with E-state index in [9.17, 15) is 14.9 Å². The SMILES string of the molecule is C[Si](C)(C)CCNC(=O)Oc1ccc([N+](=O)[O-])cc1. The van der Waals surface area contributed by atoms with Crippen molar-refractivity contribution in [2.75, 3.05) is 6.54 Å². The second kappa shape index (κ2) is 6.33. The summed E-state index contributed by atoms with van der Waals surface area (Å²) >= 11 is 0. The molecule has 0 saturated carbocycles. The first-order chi connectivity index (χ1) is 8.78. The fourth-order valence-corrected chi connectivity index (χ4v) is 2.19. The van der Waals surface area contributed by atoms with Crippen molar-refractivity contribution in [3.8, 4) is 5.75 Å². The highest BCUT2D eigenvalue weighted by Crippen LogP contribution is 2.17. The van der Waals surface area contributed by atoms with E-state index >= 15 is 0 Å². The molecule has 1 amide bonds. The molecule has 19 heavy (non-hydrogen) atoms. The monoisotopic (exact) mass is 282 g/mol. The van der Waals surface area contributed by atoms with E-state index in [4.69, 9.17) is 4.74 Å². The van der Waals surface area contributed by atoms with Crippen molar-refractivity contribution in [3.63, 3.8) is 0 Å². The molecule has 0 bridgehead atoms. The highest BCUT2D eigenvalue weighted by Gasteiger charge is 2.13. The quantitative estimate of drug-likeness (QED) is 0.511. The van der Waals surface area contributed by atoms with Crippen LogP contribution in [0.4, 0.5) is 10.5 Å². The van der Waals surface area contributed by atoms with E-state index in [1.54, 1.807) is 0 Å². The molecule has 0 spiro atoms. The number of nitro benzene ring substituents is 1. The van der Waals surface area contributed by atoms with E-state index in [-0.39, 0.29) is 11.4 Å². The van der Waals surface area contributed by atoms with Crippen molar-refractivity contribution in [1.29, 1.82) is 0 Å². The van der Waals surface area contributed by atoms with Gasteiger partial charge in [-0.3, -0.25) is 10.1 Å². The van der Waals surface area contributed by atoms with E-state index in [0.717, 1.165) is 6.04 Å². The van der Waals surface area contributed by atoms with E-state index in [1.165, 1.54) is 24.3 Å². The van der Waals surface area contributed by atoms with Crippen molar-refractivity contribution in [1.82, 2.24) is 5.32 Å². The fraction of sp³-hybridized carbons (Fsp3) is 0.417. The van der Waals surface area contributed by atoms with Crippen molar-refractivity contribution in [3.05, 3.63) is 34.4 Å². The molecule has 0 aromatic heterocycles. The van der Waals surface area contributed by atoms with Crippen LogP contribution in [0.1, 0.15) is 0 Å². The standard InChI is InChI=1S/C12H18N2O4Si/c1-19(2,3)9-8-13-12(15)18-11-6-4-10(5-7-11)14(16)17/h4-7H,8-9H2,1-3H3,(H,13,15). The number of hydrogen-bond donors (Lipinski definition) is 1. The maximum absolute atomic E-state index is 11.5. The van der Waals surface area contributed by atoms with Gasteiger partial charge in [0.1, 0.15) is 5.75 Å². The Morgan fingerprint density at radius 3 is 2.37 bits per heavy atom. The zero-order valence-electron chi connectivity index (χ0n) is 11.3. The minimum Gasteiger partial charge on any atom is -0.410 e. The Labute approximate surface area is 112 Å². The molecule has 7 heteroatoms. The molecule has 0 atom stereocenters. The molecule has 1 aromatic rings. The van der Waals surface area contributed by atoms with Crippen molar-refractivity contribution in [2.45, 2.75) is 25.7 Å². The minimum atomic E-state index is -1.18.